The van der Waals surface area contributed by atoms with Crippen molar-refractivity contribution in [1.82, 2.24) is 5.32 Å². The van der Waals surface area contributed by atoms with Gasteiger partial charge < -0.3 is 15.7 Å². The maximum atomic E-state index is 11.8. The monoisotopic (exact) mass is 344 g/mol. The van der Waals surface area contributed by atoms with E-state index in [9.17, 15) is 9.90 Å². The molecule has 0 spiro atoms. The van der Waals surface area contributed by atoms with E-state index in [1.54, 1.807) is 25.7 Å². The molecule has 1 aromatic rings. The molecule has 0 radical (unpaired) electrons. The number of carbonyl (C=O) groups excluding carboxylic acids is 1. The summed E-state index contributed by atoms with van der Waals surface area (Å²) in [5.74, 6) is -0.0323. The Hall–Kier alpha value is -0.560. The van der Waals surface area contributed by atoms with Crippen molar-refractivity contribution < 1.29 is 9.90 Å². The van der Waals surface area contributed by atoms with Crippen LogP contribution in [0.5, 0.6) is 0 Å². The van der Waals surface area contributed by atoms with E-state index < -0.39 is 0 Å². The molecule has 1 aliphatic heterocycles. The second-order valence-electron chi connectivity index (χ2n) is 4.64. The first-order chi connectivity index (χ1) is 8.93. The van der Waals surface area contributed by atoms with Crippen molar-refractivity contribution in [1.29, 1.82) is 0 Å². The summed E-state index contributed by atoms with van der Waals surface area (Å²) in [5, 5.41) is 15.5. The fourth-order valence-electron chi connectivity index (χ4n) is 1.94. The van der Waals surface area contributed by atoms with Crippen LogP contribution in [-0.4, -0.2) is 29.4 Å². The van der Waals surface area contributed by atoms with E-state index in [1.807, 2.05) is 19.1 Å². The molecule has 0 aliphatic carbocycles. The second kappa shape index (κ2) is 5.83. The predicted octanol–water partition coefficient (Wildman–Crippen LogP) is 2.52. The molecule has 1 heterocycles. The van der Waals surface area contributed by atoms with Gasteiger partial charge in [0.1, 0.15) is 6.04 Å². The fourth-order valence-corrected chi connectivity index (χ4v) is 3.53. The smallest absolute Gasteiger partial charge is 0.246 e. The van der Waals surface area contributed by atoms with Gasteiger partial charge in [0.2, 0.25) is 5.91 Å². The molecular weight excluding hydrogens is 328 g/mol. The van der Waals surface area contributed by atoms with Crippen molar-refractivity contribution in [2.45, 2.75) is 36.1 Å². The van der Waals surface area contributed by atoms with Crippen molar-refractivity contribution in [3.8, 4) is 0 Å². The molecule has 0 saturated carbocycles. The predicted molar refractivity (Wildman–Crippen MR) is 81.6 cm³/mol. The number of carbonyl (C=O) groups is 1. The number of hydrogen-bond donors (Lipinski definition) is 3. The number of benzene rings is 1. The molecule has 0 bridgehead atoms. The van der Waals surface area contributed by atoms with Crippen LogP contribution in [0.1, 0.15) is 25.5 Å². The van der Waals surface area contributed by atoms with Crippen molar-refractivity contribution in [2.75, 3.05) is 12.4 Å². The Balaban J connectivity index is 2.31. The molecule has 1 amide bonds. The molecule has 3 N–H and O–H groups in total. The van der Waals surface area contributed by atoms with Crippen LogP contribution in [0.4, 0.5) is 5.69 Å². The number of amides is 1. The summed E-state index contributed by atoms with van der Waals surface area (Å²) in [5.41, 5.74) is 1.79. The Bertz CT molecular complexity index is 508. The van der Waals surface area contributed by atoms with E-state index in [0.29, 0.717) is 0 Å². The van der Waals surface area contributed by atoms with Crippen LogP contribution >= 0.6 is 27.7 Å². The lowest BCUT2D eigenvalue weighted by molar-refractivity contribution is -0.117. The summed E-state index contributed by atoms with van der Waals surface area (Å²) in [7, 11) is 1.77. The summed E-state index contributed by atoms with van der Waals surface area (Å²) in [4.78, 5) is 12.8. The molecule has 6 heteroatoms. The van der Waals surface area contributed by atoms with Crippen LogP contribution in [0, 0.1) is 0 Å². The molecule has 4 nitrogen and oxygen atoms in total. The van der Waals surface area contributed by atoms with Gasteiger partial charge in [0.15, 0.2) is 0 Å². The lowest BCUT2D eigenvalue weighted by Gasteiger charge is -2.16. The molecule has 1 aliphatic rings. The molecule has 0 aromatic heterocycles. The highest BCUT2D eigenvalue weighted by Gasteiger charge is 2.30. The van der Waals surface area contributed by atoms with Crippen LogP contribution < -0.4 is 10.6 Å². The molecule has 1 aromatic carbocycles. The van der Waals surface area contributed by atoms with Crippen molar-refractivity contribution in [3.05, 3.63) is 22.2 Å². The highest BCUT2D eigenvalue weighted by molar-refractivity contribution is 9.10. The topological polar surface area (TPSA) is 61.4 Å². The SMILES string of the molecule is CNC1C(=O)Nc2cc(SC(C)C(C)O)c(Br)cc21. The Kier molecular flexibility index (Phi) is 4.55. The Labute approximate surface area is 125 Å². The zero-order chi connectivity index (χ0) is 14.2. The van der Waals surface area contributed by atoms with Crippen molar-refractivity contribution in [2.24, 2.45) is 0 Å². The van der Waals surface area contributed by atoms with Gasteiger partial charge >= 0.3 is 0 Å². The number of halogens is 1. The molecule has 3 atom stereocenters. The number of likely N-dealkylation sites (N-methyl/N-ethyl adjacent to an activating group) is 1. The normalized spacial score (nSPS) is 20.9. The molecule has 0 saturated heterocycles. The Morgan fingerprint density at radius 2 is 2.16 bits per heavy atom. The zero-order valence-corrected chi connectivity index (χ0v) is 13.4. The van der Waals surface area contributed by atoms with E-state index in [-0.39, 0.29) is 23.3 Å². The van der Waals surface area contributed by atoms with Gasteiger partial charge in [-0.3, -0.25) is 4.79 Å². The first kappa shape index (κ1) is 14.8. The van der Waals surface area contributed by atoms with Gasteiger partial charge in [-0.05, 0) is 42.0 Å². The first-order valence-electron chi connectivity index (χ1n) is 6.10. The average Bonchev–Trinajstić information content (AvgIpc) is 2.64. The maximum Gasteiger partial charge on any atom is 0.246 e. The van der Waals surface area contributed by atoms with Gasteiger partial charge in [0.05, 0.1) is 6.10 Å². The zero-order valence-electron chi connectivity index (χ0n) is 11.0. The van der Waals surface area contributed by atoms with E-state index in [4.69, 9.17) is 0 Å². The Morgan fingerprint density at radius 3 is 2.74 bits per heavy atom. The standard InChI is InChI=1S/C13H17BrN2O2S/c1-6(17)7(2)19-11-5-10-8(4-9(11)14)12(15-3)13(18)16-10/h4-7,12,15,17H,1-3H3,(H,16,18). The lowest BCUT2D eigenvalue weighted by Crippen LogP contribution is -2.23. The molecule has 0 fully saturated rings. The van der Waals surface area contributed by atoms with Crippen molar-refractivity contribution >= 4 is 39.3 Å². The fraction of sp³-hybridized carbons (Fsp3) is 0.462. The number of anilines is 1. The Morgan fingerprint density at radius 1 is 1.47 bits per heavy atom. The van der Waals surface area contributed by atoms with Gasteiger partial charge in [0.25, 0.3) is 0 Å². The molecule has 19 heavy (non-hydrogen) atoms. The van der Waals surface area contributed by atoms with Gasteiger partial charge in [-0.15, -0.1) is 11.8 Å². The minimum Gasteiger partial charge on any atom is -0.392 e. The lowest BCUT2D eigenvalue weighted by atomic mass is 10.1. The maximum absolute atomic E-state index is 11.8. The van der Waals surface area contributed by atoms with Crippen LogP contribution in [0.2, 0.25) is 0 Å². The van der Waals surface area contributed by atoms with Crippen LogP contribution in [0.3, 0.4) is 0 Å². The molecule has 3 unspecified atom stereocenters. The number of nitrogens with one attached hydrogen (secondary N) is 2. The summed E-state index contributed by atoms with van der Waals surface area (Å²) in [6.07, 6.45) is -0.384. The van der Waals surface area contributed by atoms with E-state index >= 15 is 0 Å². The molecular formula is C13H17BrN2O2S. The summed E-state index contributed by atoms with van der Waals surface area (Å²) in [6.45, 7) is 3.75. The van der Waals surface area contributed by atoms with E-state index in [0.717, 1.165) is 20.6 Å². The third kappa shape index (κ3) is 2.97. The second-order valence-corrected chi connectivity index (χ2v) is 6.92. The van der Waals surface area contributed by atoms with E-state index in [1.165, 1.54) is 0 Å². The summed E-state index contributed by atoms with van der Waals surface area (Å²) < 4.78 is 0.945. The number of hydrogen-bond acceptors (Lipinski definition) is 4. The highest BCUT2D eigenvalue weighted by Crippen LogP contribution is 2.40. The van der Waals surface area contributed by atoms with Crippen LogP contribution in [0.15, 0.2) is 21.5 Å². The summed E-state index contributed by atoms with van der Waals surface area (Å²) >= 11 is 5.12. The first-order valence-corrected chi connectivity index (χ1v) is 7.77. The average molecular weight is 345 g/mol. The number of aliphatic hydroxyl groups is 1. The number of fused-ring (bicyclic) bond motifs is 1. The molecule has 2 rings (SSSR count). The third-order valence-corrected chi connectivity index (χ3v) is 5.49. The number of aliphatic hydroxyl groups excluding tert-OH is 1. The minimum atomic E-state index is -0.384. The number of rotatable bonds is 4. The number of thioether (sulfide) groups is 1. The van der Waals surface area contributed by atoms with E-state index in [2.05, 4.69) is 26.6 Å². The summed E-state index contributed by atoms with van der Waals surface area (Å²) in [6, 6.07) is 3.63. The largest absolute Gasteiger partial charge is 0.392 e. The van der Waals surface area contributed by atoms with Gasteiger partial charge in [-0.1, -0.05) is 6.92 Å². The van der Waals surface area contributed by atoms with Gasteiger partial charge in [0, 0.05) is 25.9 Å². The minimum absolute atomic E-state index is 0.0323. The van der Waals surface area contributed by atoms with Crippen LogP contribution in [0.25, 0.3) is 0 Å². The third-order valence-electron chi connectivity index (χ3n) is 3.22. The quantitative estimate of drug-likeness (QED) is 0.734. The van der Waals surface area contributed by atoms with Gasteiger partial charge in [-0.25, -0.2) is 0 Å². The van der Waals surface area contributed by atoms with Crippen LogP contribution in [-0.2, 0) is 4.79 Å². The van der Waals surface area contributed by atoms with Gasteiger partial charge in [-0.2, -0.15) is 0 Å². The molecule has 104 valence electrons. The highest BCUT2D eigenvalue weighted by atomic mass is 79.9. The van der Waals surface area contributed by atoms with Crippen molar-refractivity contribution in [3.63, 3.8) is 0 Å².